The van der Waals surface area contributed by atoms with E-state index in [0.717, 1.165) is 0 Å². The number of nitrogens with two attached hydrogens (primary N) is 1. The molecule has 10 heteroatoms. The fourth-order valence-electron chi connectivity index (χ4n) is 3.11. The molecule has 1 aromatic carbocycles. The number of amides is 2. The molecule has 2 amide bonds. The molecule has 166 valence electrons. The summed E-state index contributed by atoms with van der Waals surface area (Å²) in [7, 11) is 1.50. The maximum absolute atomic E-state index is 14.6. The van der Waals surface area contributed by atoms with Crippen molar-refractivity contribution in [1.82, 2.24) is 14.9 Å². The number of aliphatic imine (C=N–C) groups is 1. The van der Waals surface area contributed by atoms with Crippen LogP contribution in [0, 0.1) is 17.7 Å². The quantitative estimate of drug-likeness (QED) is 0.526. The van der Waals surface area contributed by atoms with Gasteiger partial charge in [-0.15, -0.1) is 11.8 Å². The van der Waals surface area contributed by atoms with Crippen LogP contribution in [0.25, 0.3) is 0 Å². The summed E-state index contributed by atoms with van der Waals surface area (Å²) in [6.07, 6.45) is 3.12. The van der Waals surface area contributed by atoms with Crippen molar-refractivity contribution in [1.29, 1.82) is 0 Å². The van der Waals surface area contributed by atoms with E-state index < -0.39 is 17.3 Å². The van der Waals surface area contributed by atoms with E-state index in [-0.39, 0.29) is 35.4 Å². The highest BCUT2D eigenvalue weighted by Gasteiger charge is 2.38. The molecule has 1 atom stereocenters. The average Bonchev–Trinajstić information content (AvgIpc) is 2.76. The van der Waals surface area contributed by atoms with Crippen molar-refractivity contribution in [2.75, 3.05) is 19.0 Å². The van der Waals surface area contributed by atoms with Gasteiger partial charge in [0.25, 0.3) is 5.91 Å². The molecule has 3 rings (SSSR count). The molecule has 1 unspecified atom stereocenters. The Hall–Kier alpha value is -4.00. The predicted molar refractivity (Wildman–Crippen MR) is 116 cm³/mol. The zero-order valence-corrected chi connectivity index (χ0v) is 18.0. The lowest BCUT2D eigenvalue weighted by Gasteiger charge is -2.34. The van der Waals surface area contributed by atoms with E-state index in [1.807, 2.05) is 0 Å². The molecular formula is C22H23FN6O3. The van der Waals surface area contributed by atoms with Crippen molar-refractivity contribution in [3.05, 3.63) is 47.7 Å². The number of nitrogens with one attached hydrogen (secondary N) is 1. The van der Waals surface area contributed by atoms with Gasteiger partial charge in [-0.1, -0.05) is 0 Å². The van der Waals surface area contributed by atoms with E-state index in [9.17, 15) is 14.0 Å². The number of carbonyl (C=O) groups excluding carboxylic acids is 2. The van der Waals surface area contributed by atoms with Crippen LogP contribution in [0.3, 0.4) is 0 Å². The minimum absolute atomic E-state index is 0.00286. The highest BCUT2D eigenvalue weighted by Crippen LogP contribution is 2.35. The molecule has 32 heavy (non-hydrogen) atoms. The summed E-state index contributed by atoms with van der Waals surface area (Å²) in [6, 6.07) is 4.04. The van der Waals surface area contributed by atoms with Crippen molar-refractivity contribution in [2.45, 2.75) is 32.2 Å². The molecule has 2 aromatic rings. The summed E-state index contributed by atoms with van der Waals surface area (Å²) in [4.78, 5) is 38.4. The molecule has 9 nitrogen and oxygen atoms in total. The highest BCUT2D eigenvalue weighted by molar-refractivity contribution is 6.03. The third-order valence-electron chi connectivity index (χ3n) is 4.89. The first-order chi connectivity index (χ1) is 15.2. The van der Waals surface area contributed by atoms with E-state index in [4.69, 9.17) is 10.5 Å². The molecule has 2 heterocycles. The normalized spacial score (nSPS) is 17.8. The van der Waals surface area contributed by atoms with E-state index in [1.54, 1.807) is 13.8 Å². The number of carbonyl (C=O) groups is 2. The fourth-order valence-corrected chi connectivity index (χ4v) is 3.11. The van der Waals surface area contributed by atoms with Gasteiger partial charge in [-0.2, -0.15) is 0 Å². The Morgan fingerprint density at radius 3 is 2.81 bits per heavy atom. The van der Waals surface area contributed by atoms with Crippen LogP contribution in [0.4, 0.5) is 10.1 Å². The Morgan fingerprint density at radius 2 is 2.16 bits per heavy atom. The van der Waals surface area contributed by atoms with Gasteiger partial charge in [0.2, 0.25) is 11.8 Å². The number of aromatic nitrogens is 2. The number of anilines is 1. The second-order valence-electron chi connectivity index (χ2n) is 7.29. The lowest BCUT2D eigenvalue weighted by molar-refractivity contribution is -0.128. The number of benzene rings is 1. The Kier molecular flexibility index (Phi) is 6.68. The Morgan fingerprint density at radius 1 is 1.38 bits per heavy atom. The smallest absolute Gasteiger partial charge is 0.275 e. The van der Waals surface area contributed by atoms with Gasteiger partial charge in [-0.25, -0.2) is 19.4 Å². The zero-order chi connectivity index (χ0) is 23.3. The van der Waals surface area contributed by atoms with Crippen LogP contribution >= 0.6 is 0 Å². The minimum atomic E-state index is -1.19. The molecule has 0 radical (unpaired) electrons. The summed E-state index contributed by atoms with van der Waals surface area (Å²) < 4.78 is 20.0. The van der Waals surface area contributed by atoms with E-state index >= 15 is 0 Å². The monoisotopic (exact) mass is 438 g/mol. The van der Waals surface area contributed by atoms with Gasteiger partial charge in [0.15, 0.2) is 5.96 Å². The number of nitrogens with zero attached hydrogens (tertiary/aromatic N) is 4. The van der Waals surface area contributed by atoms with Crippen molar-refractivity contribution in [2.24, 2.45) is 10.7 Å². The molecule has 0 saturated heterocycles. The number of halogens is 1. The minimum Gasteiger partial charge on any atom is -0.476 e. The van der Waals surface area contributed by atoms with Gasteiger partial charge >= 0.3 is 0 Å². The Labute approximate surface area is 184 Å². The first-order valence-corrected chi connectivity index (χ1v) is 9.81. The topological polar surface area (TPSA) is 123 Å². The molecule has 3 N–H and O–H groups in total. The number of guanidine groups is 1. The van der Waals surface area contributed by atoms with Crippen LogP contribution < -0.4 is 15.8 Å². The number of ether oxygens (including phenoxy) is 1. The number of hydrogen-bond acceptors (Lipinski definition) is 7. The van der Waals surface area contributed by atoms with Gasteiger partial charge in [0, 0.05) is 24.7 Å². The van der Waals surface area contributed by atoms with Crippen LogP contribution in [0.15, 0.2) is 35.6 Å². The van der Waals surface area contributed by atoms with E-state index in [1.165, 1.54) is 42.5 Å². The van der Waals surface area contributed by atoms with Crippen molar-refractivity contribution in [3.8, 4) is 17.7 Å². The molecule has 1 aromatic heterocycles. The Bertz CT molecular complexity index is 1120. The van der Waals surface area contributed by atoms with Crippen LogP contribution in [-0.2, 0) is 10.3 Å². The third kappa shape index (κ3) is 5.00. The van der Waals surface area contributed by atoms with Crippen molar-refractivity contribution >= 4 is 23.5 Å². The molecule has 1 aliphatic heterocycles. The number of hydrogen-bond donors (Lipinski definition) is 2. The van der Waals surface area contributed by atoms with Crippen LogP contribution in [0.2, 0.25) is 0 Å². The van der Waals surface area contributed by atoms with Crippen LogP contribution in [0.5, 0.6) is 5.88 Å². The van der Waals surface area contributed by atoms with Crippen molar-refractivity contribution in [3.63, 3.8) is 0 Å². The molecular weight excluding hydrogens is 415 g/mol. The first kappa shape index (κ1) is 22.7. The van der Waals surface area contributed by atoms with Crippen LogP contribution in [0.1, 0.15) is 42.7 Å². The summed E-state index contributed by atoms with van der Waals surface area (Å²) in [5, 5.41) is 2.65. The van der Waals surface area contributed by atoms with Gasteiger partial charge in [0.1, 0.15) is 18.1 Å². The maximum atomic E-state index is 14.6. The van der Waals surface area contributed by atoms with Gasteiger partial charge in [0.05, 0.1) is 24.4 Å². The van der Waals surface area contributed by atoms with Crippen LogP contribution in [-0.4, -0.2) is 46.3 Å². The lowest BCUT2D eigenvalue weighted by Crippen LogP contribution is -2.47. The molecule has 0 fully saturated rings. The molecule has 1 aliphatic rings. The van der Waals surface area contributed by atoms with Gasteiger partial charge in [-0.05, 0) is 32.0 Å². The second kappa shape index (κ2) is 9.43. The summed E-state index contributed by atoms with van der Waals surface area (Å²) >= 11 is 0. The molecule has 0 spiro atoms. The second-order valence-corrected chi connectivity index (χ2v) is 7.29. The summed E-state index contributed by atoms with van der Waals surface area (Å²) in [6.45, 7) is 3.72. The first-order valence-electron chi connectivity index (χ1n) is 9.81. The summed E-state index contributed by atoms with van der Waals surface area (Å²) in [5.74, 6) is 4.52. The van der Waals surface area contributed by atoms with Gasteiger partial charge < -0.3 is 15.8 Å². The molecule has 0 saturated carbocycles. The average molecular weight is 438 g/mol. The zero-order valence-electron chi connectivity index (χ0n) is 18.0. The largest absolute Gasteiger partial charge is 0.476 e. The van der Waals surface area contributed by atoms with Crippen molar-refractivity contribution < 1.29 is 18.7 Å². The number of rotatable bonds is 6. The lowest BCUT2D eigenvalue weighted by atomic mass is 9.87. The third-order valence-corrected chi connectivity index (χ3v) is 4.89. The summed E-state index contributed by atoms with van der Waals surface area (Å²) in [5.41, 5.74) is 5.13. The van der Waals surface area contributed by atoms with E-state index in [0.29, 0.717) is 18.7 Å². The fraction of sp³-hybridized carbons (Fsp3) is 0.318. The molecule has 0 bridgehead atoms. The predicted octanol–water partition coefficient (Wildman–Crippen LogP) is 2.05. The van der Waals surface area contributed by atoms with Gasteiger partial charge in [-0.3, -0.25) is 14.5 Å². The highest BCUT2D eigenvalue weighted by atomic mass is 19.1. The SMILES string of the molecule is CC#CCCOc1cnc(C(=O)Nc2ccc(F)c(C3(C)CC(=O)N(C)C(N)=N3)c2)cn1. The standard InChI is InChI=1S/C22H23FN6O3/c1-4-5-6-9-32-18-13-25-17(12-26-18)20(31)27-14-7-8-16(23)15(10-14)22(2)11-19(30)29(3)21(24)28-22/h7-8,10,12-13H,6,9,11H2,1-3H3,(H2,24,28)(H,27,31). The maximum Gasteiger partial charge on any atom is 0.275 e. The van der Waals surface area contributed by atoms with E-state index in [2.05, 4.69) is 32.1 Å². The Balaban J connectivity index is 1.75. The molecule has 0 aliphatic carbocycles.